The van der Waals surface area contributed by atoms with Crippen molar-refractivity contribution in [3.05, 3.63) is 29.8 Å². The molecular weight excluding hydrogens is 309 g/mol. The lowest BCUT2D eigenvalue weighted by atomic mass is 10.1. The Labute approximate surface area is 133 Å². The fraction of sp³-hybridized carbons (Fsp3) is 0.500. The van der Waals surface area contributed by atoms with Crippen LogP contribution in [-0.2, 0) is 15.8 Å². The minimum absolute atomic E-state index is 0.0204. The van der Waals surface area contributed by atoms with Crippen molar-refractivity contribution in [1.29, 1.82) is 0 Å². The van der Waals surface area contributed by atoms with Crippen molar-refractivity contribution in [2.45, 2.75) is 33.4 Å². The minimum Gasteiger partial charge on any atom is -0.343 e. The van der Waals surface area contributed by atoms with Gasteiger partial charge in [-0.15, -0.1) is 0 Å². The molecule has 0 aromatic heterocycles. The zero-order valence-electron chi connectivity index (χ0n) is 13.5. The van der Waals surface area contributed by atoms with E-state index < -0.39 is 17.6 Å². The lowest BCUT2D eigenvalue weighted by Crippen LogP contribution is -2.37. The first kappa shape index (κ1) is 19.0. The third kappa shape index (κ3) is 4.97. The standard InChI is InChI=1S/C16H21F3N2O2/c1-4-20(5-2)15(23)10-11-21(12(3)22)14-9-7-6-8-13(14)16(17,18)19/h6-9H,4-5,10-11H2,1-3H3. The van der Waals surface area contributed by atoms with Gasteiger partial charge in [-0.3, -0.25) is 9.59 Å². The molecule has 0 fully saturated rings. The molecule has 4 nitrogen and oxygen atoms in total. The summed E-state index contributed by atoms with van der Waals surface area (Å²) in [7, 11) is 0. The Morgan fingerprint density at radius 2 is 1.65 bits per heavy atom. The number of anilines is 1. The number of carbonyl (C=O) groups excluding carboxylic acids is 2. The van der Waals surface area contributed by atoms with Crippen LogP contribution in [-0.4, -0.2) is 36.3 Å². The average Bonchev–Trinajstić information content (AvgIpc) is 2.47. The molecule has 0 spiro atoms. The van der Waals surface area contributed by atoms with E-state index in [4.69, 9.17) is 0 Å². The summed E-state index contributed by atoms with van der Waals surface area (Å²) in [5.41, 5.74) is -1.11. The van der Waals surface area contributed by atoms with Crippen LogP contribution in [0.5, 0.6) is 0 Å². The molecule has 0 aliphatic rings. The SMILES string of the molecule is CCN(CC)C(=O)CCN(C(C)=O)c1ccccc1C(F)(F)F. The van der Waals surface area contributed by atoms with Crippen LogP contribution in [0.15, 0.2) is 24.3 Å². The van der Waals surface area contributed by atoms with Crippen molar-refractivity contribution in [2.75, 3.05) is 24.5 Å². The number of carbonyl (C=O) groups is 2. The van der Waals surface area contributed by atoms with E-state index in [2.05, 4.69) is 0 Å². The van der Waals surface area contributed by atoms with Gasteiger partial charge < -0.3 is 9.80 Å². The number of alkyl halides is 3. The minimum atomic E-state index is -4.56. The number of hydrogen-bond donors (Lipinski definition) is 0. The number of halogens is 3. The van der Waals surface area contributed by atoms with Crippen LogP contribution in [0.25, 0.3) is 0 Å². The highest BCUT2D eigenvalue weighted by atomic mass is 19.4. The Kier molecular flexibility index (Phi) is 6.60. The Morgan fingerprint density at radius 3 is 2.13 bits per heavy atom. The predicted octanol–water partition coefficient (Wildman–Crippen LogP) is 3.32. The van der Waals surface area contributed by atoms with Crippen LogP contribution in [0.2, 0.25) is 0 Å². The molecule has 0 N–H and O–H groups in total. The maximum Gasteiger partial charge on any atom is 0.418 e. The fourth-order valence-electron chi connectivity index (χ4n) is 2.34. The Morgan fingerprint density at radius 1 is 1.09 bits per heavy atom. The van der Waals surface area contributed by atoms with Gasteiger partial charge in [0.2, 0.25) is 11.8 Å². The smallest absolute Gasteiger partial charge is 0.343 e. The van der Waals surface area contributed by atoms with E-state index in [9.17, 15) is 22.8 Å². The molecule has 0 saturated heterocycles. The summed E-state index contributed by atoms with van der Waals surface area (Å²) < 4.78 is 39.3. The Bertz CT molecular complexity index is 555. The van der Waals surface area contributed by atoms with E-state index in [1.165, 1.54) is 25.1 Å². The summed E-state index contributed by atoms with van der Waals surface area (Å²) >= 11 is 0. The summed E-state index contributed by atoms with van der Waals surface area (Å²) in [5.74, 6) is -0.722. The van der Waals surface area contributed by atoms with E-state index in [1.807, 2.05) is 13.8 Å². The second-order valence-corrected chi connectivity index (χ2v) is 5.00. The molecule has 0 atom stereocenters. The summed E-state index contributed by atoms with van der Waals surface area (Å²) in [5, 5.41) is 0. The number of para-hydroxylation sites is 1. The molecule has 7 heteroatoms. The summed E-state index contributed by atoms with van der Waals surface area (Å²) in [6.45, 7) is 5.79. The van der Waals surface area contributed by atoms with Gasteiger partial charge in [-0.1, -0.05) is 12.1 Å². The number of nitrogens with zero attached hydrogens (tertiary/aromatic N) is 2. The Balaban J connectivity index is 3.01. The second kappa shape index (κ2) is 7.99. The molecule has 0 unspecified atom stereocenters. The van der Waals surface area contributed by atoms with Crippen LogP contribution in [0.4, 0.5) is 18.9 Å². The highest BCUT2D eigenvalue weighted by molar-refractivity contribution is 5.93. The quantitative estimate of drug-likeness (QED) is 0.803. The third-order valence-electron chi connectivity index (χ3n) is 3.55. The highest BCUT2D eigenvalue weighted by Crippen LogP contribution is 2.36. The number of rotatable bonds is 6. The first-order valence-electron chi connectivity index (χ1n) is 7.44. The molecule has 1 aromatic rings. The van der Waals surface area contributed by atoms with Crippen LogP contribution in [0.1, 0.15) is 32.8 Å². The molecule has 0 aliphatic carbocycles. The van der Waals surface area contributed by atoms with Gasteiger partial charge >= 0.3 is 6.18 Å². The van der Waals surface area contributed by atoms with Crippen molar-refractivity contribution >= 4 is 17.5 Å². The van der Waals surface area contributed by atoms with Gasteiger partial charge in [0.1, 0.15) is 0 Å². The summed E-state index contributed by atoms with van der Waals surface area (Å²) in [6.07, 6.45) is -4.58. The number of amides is 2. The molecule has 1 aromatic carbocycles. The molecule has 2 amide bonds. The summed E-state index contributed by atoms with van der Waals surface area (Å²) in [6, 6.07) is 4.88. The monoisotopic (exact) mass is 330 g/mol. The zero-order valence-corrected chi connectivity index (χ0v) is 13.5. The van der Waals surface area contributed by atoms with E-state index in [0.29, 0.717) is 13.1 Å². The number of hydrogen-bond acceptors (Lipinski definition) is 2. The highest BCUT2D eigenvalue weighted by Gasteiger charge is 2.35. The molecule has 0 aliphatic heterocycles. The largest absolute Gasteiger partial charge is 0.418 e. The topological polar surface area (TPSA) is 40.6 Å². The normalized spacial score (nSPS) is 11.2. The van der Waals surface area contributed by atoms with Crippen LogP contribution >= 0.6 is 0 Å². The molecular formula is C16H21F3N2O2. The van der Waals surface area contributed by atoms with Gasteiger partial charge in [-0.2, -0.15) is 13.2 Å². The third-order valence-corrected chi connectivity index (χ3v) is 3.55. The average molecular weight is 330 g/mol. The van der Waals surface area contributed by atoms with Gasteiger partial charge in [0.15, 0.2) is 0 Å². The molecule has 1 rings (SSSR count). The van der Waals surface area contributed by atoms with Crippen LogP contribution < -0.4 is 4.90 Å². The van der Waals surface area contributed by atoms with Crippen LogP contribution in [0.3, 0.4) is 0 Å². The van der Waals surface area contributed by atoms with E-state index in [0.717, 1.165) is 11.0 Å². The molecule has 0 heterocycles. The second-order valence-electron chi connectivity index (χ2n) is 5.00. The van der Waals surface area contributed by atoms with Crippen LogP contribution in [0, 0.1) is 0 Å². The van der Waals surface area contributed by atoms with Gasteiger partial charge in [0.25, 0.3) is 0 Å². The number of benzene rings is 1. The van der Waals surface area contributed by atoms with E-state index in [-0.39, 0.29) is 24.6 Å². The molecule has 0 bridgehead atoms. The molecule has 128 valence electrons. The molecule has 0 radical (unpaired) electrons. The molecule has 23 heavy (non-hydrogen) atoms. The predicted molar refractivity (Wildman–Crippen MR) is 82.0 cm³/mol. The van der Waals surface area contributed by atoms with Gasteiger partial charge in [0, 0.05) is 33.0 Å². The first-order valence-corrected chi connectivity index (χ1v) is 7.44. The van der Waals surface area contributed by atoms with Gasteiger partial charge in [0.05, 0.1) is 11.3 Å². The van der Waals surface area contributed by atoms with E-state index in [1.54, 1.807) is 4.90 Å². The van der Waals surface area contributed by atoms with Crippen molar-refractivity contribution in [3.8, 4) is 0 Å². The summed E-state index contributed by atoms with van der Waals surface area (Å²) in [4.78, 5) is 26.4. The maximum atomic E-state index is 13.1. The zero-order chi connectivity index (χ0) is 17.6. The van der Waals surface area contributed by atoms with Crippen molar-refractivity contribution < 1.29 is 22.8 Å². The van der Waals surface area contributed by atoms with Crippen molar-refractivity contribution in [1.82, 2.24) is 4.90 Å². The lowest BCUT2D eigenvalue weighted by molar-refractivity contribution is -0.137. The molecule has 0 saturated carbocycles. The first-order chi connectivity index (χ1) is 10.7. The van der Waals surface area contributed by atoms with Gasteiger partial charge in [-0.25, -0.2) is 0 Å². The maximum absolute atomic E-state index is 13.1. The van der Waals surface area contributed by atoms with Crippen molar-refractivity contribution in [2.24, 2.45) is 0 Å². The fourth-order valence-corrected chi connectivity index (χ4v) is 2.34. The lowest BCUT2D eigenvalue weighted by Gasteiger charge is -2.26. The Hall–Kier alpha value is -2.05. The van der Waals surface area contributed by atoms with Gasteiger partial charge in [-0.05, 0) is 26.0 Å². The van der Waals surface area contributed by atoms with E-state index >= 15 is 0 Å². The van der Waals surface area contributed by atoms with Crippen molar-refractivity contribution in [3.63, 3.8) is 0 Å².